The van der Waals surface area contributed by atoms with E-state index < -0.39 is 10.1 Å². The summed E-state index contributed by atoms with van der Waals surface area (Å²) in [6.45, 7) is 0.647. The largest absolute Gasteiger partial charge is 0.439 e. The maximum atomic E-state index is 12.5. The van der Waals surface area contributed by atoms with E-state index in [2.05, 4.69) is 4.98 Å². The minimum atomic E-state index is -4.00. The molecule has 7 nitrogen and oxygen atoms in total. The third kappa shape index (κ3) is 4.38. The van der Waals surface area contributed by atoms with Crippen LogP contribution in [0.4, 0.5) is 5.69 Å². The minimum absolute atomic E-state index is 0.0155. The molecule has 1 aliphatic heterocycles. The molecule has 1 aromatic heterocycles. The van der Waals surface area contributed by atoms with Crippen molar-refractivity contribution in [3.8, 4) is 17.4 Å². The van der Waals surface area contributed by atoms with Gasteiger partial charge in [-0.05, 0) is 61.0 Å². The zero-order valence-electron chi connectivity index (χ0n) is 15.4. The third-order valence-corrected chi connectivity index (χ3v) is 5.66. The van der Waals surface area contributed by atoms with Gasteiger partial charge in [0.15, 0.2) is 0 Å². The second-order valence-electron chi connectivity index (χ2n) is 6.42. The van der Waals surface area contributed by atoms with Gasteiger partial charge in [-0.25, -0.2) is 4.98 Å². The van der Waals surface area contributed by atoms with Gasteiger partial charge in [0.25, 0.3) is 0 Å². The number of aromatic nitrogens is 1. The molecule has 0 N–H and O–H groups in total. The SMILES string of the molecule is O=C1CCCN1c1ccc(S(=O)(=O)Oc2ccc(Oc3ccccn3)cc2)cc1. The lowest BCUT2D eigenvalue weighted by Gasteiger charge is -2.16. The highest BCUT2D eigenvalue weighted by atomic mass is 32.2. The Labute approximate surface area is 168 Å². The lowest BCUT2D eigenvalue weighted by molar-refractivity contribution is -0.117. The lowest BCUT2D eigenvalue weighted by atomic mass is 10.3. The van der Waals surface area contributed by atoms with Crippen LogP contribution >= 0.6 is 0 Å². The molecule has 0 unspecified atom stereocenters. The van der Waals surface area contributed by atoms with Crippen LogP contribution in [0, 0.1) is 0 Å². The fraction of sp³-hybridized carbons (Fsp3) is 0.143. The number of hydrogen-bond donors (Lipinski definition) is 0. The molecule has 0 saturated carbocycles. The van der Waals surface area contributed by atoms with Crippen molar-refractivity contribution in [1.29, 1.82) is 0 Å². The number of anilines is 1. The molecule has 1 amide bonds. The highest BCUT2D eigenvalue weighted by molar-refractivity contribution is 7.87. The first-order valence-electron chi connectivity index (χ1n) is 9.05. The Bertz CT molecular complexity index is 1100. The van der Waals surface area contributed by atoms with E-state index >= 15 is 0 Å². The summed E-state index contributed by atoms with van der Waals surface area (Å²) < 4.78 is 35.8. The molecule has 2 heterocycles. The summed E-state index contributed by atoms with van der Waals surface area (Å²) >= 11 is 0. The maximum Gasteiger partial charge on any atom is 0.339 e. The van der Waals surface area contributed by atoms with Gasteiger partial charge in [-0.2, -0.15) is 8.42 Å². The van der Waals surface area contributed by atoms with Gasteiger partial charge in [-0.1, -0.05) is 6.07 Å². The predicted molar refractivity (Wildman–Crippen MR) is 107 cm³/mol. The lowest BCUT2D eigenvalue weighted by Crippen LogP contribution is -2.23. The van der Waals surface area contributed by atoms with Gasteiger partial charge in [0.05, 0.1) is 0 Å². The van der Waals surface area contributed by atoms with Crippen molar-refractivity contribution in [3.63, 3.8) is 0 Å². The van der Waals surface area contributed by atoms with Crippen molar-refractivity contribution in [3.05, 3.63) is 72.9 Å². The predicted octanol–water partition coefficient (Wildman–Crippen LogP) is 3.77. The van der Waals surface area contributed by atoms with Crippen LogP contribution in [-0.2, 0) is 14.9 Å². The molecule has 0 bridgehead atoms. The van der Waals surface area contributed by atoms with E-state index in [0.29, 0.717) is 30.3 Å². The van der Waals surface area contributed by atoms with E-state index in [1.165, 1.54) is 24.3 Å². The summed E-state index contributed by atoms with van der Waals surface area (Å²) in [4.78, 5) is 17.5. The highest BCUT2D eigenvalue weighted by Crippen LogP contribution is 2.26. The standard InChI is InChI=1S/C21H18N2O5S/c24-21-5-3-15-23(21)16-6-12-19(13-7-16)29(25,26)28-18-10-8-17(9-11-18)27-20-4-1-2-14-22-20/h1-2,4,6-14H,3,5,15H2. The molecule has 148 valence electrons. The Balaban J connectivity index is 1.44. The molecule has 8 heteroatoms. The molecule has 0 aliphatic carbocycles. The van der Waals surface area contributed by atoms with E-state index in [1.807, 2.05) is 0 Å². The number of pyridine rings is 1. The quantitative estimate of drug-likeness (QED) is 0.575. The summed E-state index contributed by atoms with van der Waals surface area (Å²) in [6.07, 6.45) is 2.94. The van der Waals surface area contributed by atoms with E-state index in [-0.39, 0.29) is 16.6 Å². The minimum Gasteiger partial charge on any atom is -0.439 e. The van der Waals surface area contributed by atoms with Crippen LogP contribution in [0.15, 0.2) is 77.8 Å². The summed E-state index contributed by atoms with van der Waals surface area (Å²) in [5.41, 5.74) is 0.683. The molecular weight excluding hydrogens is 392 g/mol. The Morgan fingerprint density at radius 1 is 0.897 bits per heavy atom. The third-order valence-electron chi connectivity index (χ3n) is 4.40. The first kappa shape index (κ1) is 18.9. The Kier molecular flexibility index (Phi) is 5.18. The number of ether oxygens (including phenoxy) is 1. The van der Waals surface area contributed by atoms with E-state index in [4.69, 9.17) is 8.92 Å². The second-order valence-corrected chi connectivity index (χ2v) is 7.97. The van der Waals surface area contributed by atoms with E-state index in [0.717, 1.165) is 6.42 Å². The second kappa shape index (κ2) is 7.92. The number of benzene rings is 2. The van der Waals surface area contributed by atoms with Crippen LogP contribution in [-0.4, -0.2) is 25.9 Å². The molecule has 0 atom stereocenters. The molecule has 3 aromatic rings. The fourth-order valence-corrected chi connectivity index (χ4v) is 3.91. The topological polar surface area (TPSA) is 85.8 Å². The van der Waals surface area contributed by atoms with Crippen molar-refractivity contribution in [2.75, 3.05) is 11.4 Å². The number of hydrogen-bond acceptors (Lipinski definition) is 6. The van der Waals surface area contributed by atoms with Gasteiger partial charge in [-0.15, -0.1) is 0 Å². The monoisotopic (exact) mass is 410 g/mol. The molecule has 1 saturated heterocycles. The van der Waals surface area contributed by atoms with Crippen LogP contribution in [0.3, 0.4) is 0 Å². The van der Waals surface area contributed by atoms with Crippen molar-refractivity contribution < 1.29 is 22.1 Å². The van der Waals surface area contributed by atoms with Crippen molar-refractivity contribution >= 4 is 21.7 Å². The number of rotatable bonds is 6. The highest BCUT2D eigenvalue weighted by Gasteiger charge is 2.23. The van der Waals surface area contributed by atoms with Crippen LogP contribution in [0.5, 0.6) is 17.4 Å². The molecule has 2 aromatic carbocycles. The molecular formula is C21H18N2O5S. The zero-order valence-corrected chi connectivity index (χ0v) is 16.2. The summed E-state index contributed by atoms with van der Waals surface area (Å²) in [5.74, 6) is 1.15. The number of carbonyl (C=O) groups excluding carboxylic acids is 1. The van der Waals surface area contributed by atoms with Crippen LogP contribution in [0.2, 0.25) is 0 Å². The molecule has 4 rings (SSSR count). The molecule has 0 radical (unpaired) electrons. The fourth-order valence-electron chi connectivity index (χ4n) is 2.98. The van der Waals surface area contributed by atoms with E-state index in [1.54, 1.807) is 53.6 Å². The van der Waals surface area contributed by atoms with E-state index in [9.17, 15) is 13.2 Å². The zero-order chi connectivity index (χ0) is 20.3. The summed E-state index contributed by atoms with van der Waals surface area (Å²) in [6, 6.07) is 17.6. The Morgan fingerprint density at radius 2 is 1.62 bits per heavy atom. The van der Waals surface area contributed by atoms with Crippen LogP contribution in [0.1, 0.15) is 12.8 Å². The Morgan fingerprint density at radius 3 is 2.24 bits per heavy atom. The van der Waals surface area contributed by atoms with Crippen LogP contribution in [0.25, 0.3) is 0 Å². The average Bonchev–Trinajstić information content (AvgIpc) is 3.16. The summed E-state index contributed by atoms with van der Waals surface area (Å²) in [7, 11) is -4.00. The first-order chi connectivity index (χ1) is 14.0. The van der Waals surface area contributed by atoms with Crippen molar-refractivity contribution in [2.45, 2.75) is 17.7 Å². The molecule has 29 heavy (non-hydrogen) atoms. The number of nitrogens with zero attached hydrogens (tertiary/aromatic N) is 2. The van der Waals surface area contributed by atoms with Crippen LogP contribution < -0.4 is 13.8 Å². The number of amides is 1. The van der Waals surface area contributed by atoms with Gasteiger partial charge in [-0.3, -0.25) is 4.79 Å². The van der Waals surface area contributed by atoms with Gasteiger partial charge < -0.3 is 13.8 Å². The average molecular weight is 410 g/mol. The van der Waals surface area contributed by atoms with Gasteiger partial charge in [0, 0.05) is 30.9 Å². The number of carbonyl (C=O) groups is 1. The van der Waals surface area contributed by atoms with Crippen molar-refractivity contribution in [2.24, 2.45) is 0 Å². The molecule has 0 spiro atoms. The first-order valence-corrected chi connectivity index (χ1v) is 10.5. The molecule has 1 fully saturated rings. The Hall–Kier alpha value is -3.39. The van der Waals surface area contributed by atoms with Crippen molar-refractivity contribution in [1.82, 2.24) is 4.98 Å². The van der Waals surface area contributed by atoms with Gasteiger partial charge in [0.1, 0.15) is 16.4 Å². The smallest absolute Gasteiger partial charge is 0.339 e. The van der Waals surface area contributed by atoms with Gasteiger partial charge >= 0.3 is 10.1 Å². The summed E-state index contributed by atoms with van der Waals surface area (Å²) in [5, 5.41) is 0. The molecule has 1 aliphatic rings. The normalized spacial score (nSPS) is 14.1. The maximum absolute atomic E-state index is 12.5. The van der Waals surface area contributed by atoms with Gasteiger partial charge in [0.2, 0.25) is 11.8 Å².